The zero-order chi connectivity index (χ0) is 43.4. The Hall–Kier alpha value is -7.08. The smallest absolute Gasteiger partial charge is 0.179 e. The monoisotopic (exact) mass is 952 g/mol. The fourth-order valence-corrected chi connectivity index (χ4v) is 15.6. The molecule has 10 heteroatoms. The molecule has 16 rings (SSSR count). The Bertz CT molecular complexity index is 3550. The molecule has 7 aromatic heterocycles. The zero-order valence-corrected chi connectivity index (χ0v) is 38.5. The summed E-state index contributed by atoms with van der Waals surface area (Å²) in [4.78, 5) is 23.0. The number of para-hydroxylation sites is 2. The molecule has 4 aromatic carbocycles. The normalized spacial score (nSPS) is 14.6. The summed E-state index contributed by atoms with van der Waals surface area (Å²) in [7, 11) is 0. The minimum atomic E-state index is -0.316. The van der Waals surface area contributed by atoms with Crippen molar-refractivity contribution in [1.29, 1.82) is 0 Å². The van der Waals surface area contributed by atoms with Crippen molar-refractivity contribution in [3.8, 4) is 19.5 Å². The number of anilines is 2. The summed E-state index contributed by atoms with van der Waals surface area (Å²) >= 11 is 7.47. The van der Waals surface area contributed by atoms with Crippen LogP contribution in [-0.2, 0) is 23.7 Å². The van der Waals surface area contributed by atoms with E-state index in [0.717, 1.165) is 46.8 Å². The molecule has 330 valence electrons. The average Bonchev–Trinajstić information content (AvgIpc) is 4.22. The molecule has 5 aliphatic rings. The van der Waals surface area contributed by atoms with Crippen LogP contribution in [0.15, 0.2) is 191 Å². The van der Waals surface area contributed by atoms with Gasteiger partial charge in [-0.15, -0.1) is 45.3 Å². The van der Waals surface area contributed by atoms with E-state index in [2.05, 4.69) is 179 Å². The van der Waals surface area contributed by atoms with Gasteiger partial charge in [-0.05, 0) is 144 Å². The highest BCUT2D eigenvalue weighted by molar-refractivity contribution is 7.21. The van der Waals surface area contributed by atoms with Crippen molar-refractivity contribution in [1.82, 2.24) is 19.6 Å². The molecule has 3 aliphatic carbocycles. The molecule has 11 aromatic rings. The molecule has 0 unspecified atom stereocenters. The van der Waals surface area contributed by atoms with E-state index in [-0.39, 0.29) is 25.7 Å². The lowest BCUT2D eigenvalue weighted by atomic mass is 9.62. The Labute approximate surface area is 411 Å². The van der Waals surface area contributed by atoms with Crippen LogP contribution < -0.4 is 5.01 Å². The summed E-state index contributed by atoms with van der Waals surface area (Å²) in [5, 5.41) is 11.3. The van der Waals surface area contributed by atoms with E-state index in [9.17, 15) is 0 Å². The Balaban J connectivity index is 0.000000120. The van der Waals surface area contributed by atoms with Crippen molar-refractivity contribution < 1.29 is 0 Å². The predicted molar refractivity (Wildman–Crippen MR) is 286 cm³/mol. The van der Waals surface area contributed by atoms with Crippen LogP contribution in [0.5, 0.6) is 0 Å². The van der Waals surface area contributed by atoms with Crippen LogP contribution in [0.25, 0.3) is 30.7 Å². The largest absolute Gasteiger partial charge is 0.259 e. The van der Waals surface area contributed by atoms with Gasteiger partial charge in [0.25, 0.3) is 0 Å². The number of aliphatic imine (C=N–C) groups is 1. The first-order chi connectivity index (χ1) is 32.8. The molecule has 0 atom stereocenters. The van der Waals surface area contributed by atoms with Crippen LogP contribution >= 0.6 is 45.3 Å². The van der Waals surface area contributed by atoms with Gasteiger partial charge in [-0.1, -0.05) is 99.8 Å². The Morgan fingerprint density at radius 2 is 0.912 bits per heavy atom. The number of hydrogen-bond acceptors (Lipinski definition) is 9. The van der Waals surface area contributed by atoms with Gasteiger partial charge in [0.2, 0.25) is 0 Å². The van der Waals surface area contributed by atoms with Crippen molar-refractivity contribution in [3.63, 3.8) is 0 Å². The second kappa shape index (κ2) is 16.3. The second-order valence-electron chi connectivity index (χ2n) is 16.9. The van der Waals surface area contributed by atoms with Gasteiger partial charge >= 0.3 is 0 Å². The molecule has 0 fully saturated rings. The number of pyridine rings is 2. The summed E-state index contributed by atoms with van der Waals surface area (Å²) in [6.45, 7) is 0. The van der Waals surface area contributed by atoms with E-state index in [4.69, 9.17) is 0 Å². The van der Waals surface area contributed by atoms with Crippen molar-refractivity contribution in [3.05, 3.63) is 247 Å². The number of aromatic nitrogens is 4. The number of fused-ring (bicyclic) bond motifs is 20. The lowest BCUT2D eigenvalue weighted by Crippen LogP contribution is -2.39. The van der Waals surface area contributed by atoms with E-state index in [1.54, 1.807) is 12.4 Å². The molecule has 9 heterocycles. The van der Waals surface area contributed by atoms with E-state index in [0.29, 0.717) is 0 Å². The minimum Gasteiger partial charge on any atom is -0.259 e. The molecule has 2 aliphatic heterocycles. The van der Waals surface area contributed by atoms with Gasteiger partial charge < -0.3 is 0 Å². The van der Waals surface area contributed by atoms with E-state index < -0.39 is 0 Å². The minimum absolute atomic E-state index is 0. The number of thiophene rings is 4. The average molecular weight is 953 g/mol. The highest BCUT2D eigenvalue weighted by Gasteiger charge is 2.53. The molecule has 6 nitrogen and oxygen atoms in total. The third-order valence-electron chi connectivity index (χ3n) is 13.9. The quantitative estimate of drug-likeness (QED) is 0.164. The number of benzene rings is 4. The van der Waals surface area contributed by atoms with Gasteiger partial charge in [0.1, 0.15) is 11.8 Å². The van der Waals surface area contributed by atoms with Crippen LogP contribution in [0, 0.1) is 0 Å². The molecule has 0 saturated heterocycles. The van der Waals surface area contributed by atoms with Crippen molar-refractivity contribution in [2.24, 2.45) is 4.99 Å². The van der Waals surface area contributed by atoms with Crippen LogP contribution in [0.3, 0.4) is 0 Å². The molecule has 68 heavy (non-hydrogen) atoms. The Morgan fingerprint density at radius 1 is 0.441 bits per heavy atom. The third kappa shape index (κ3) is 5.72. The number of rotatable bonds is 1. The predicted octanol–water partition coefficient (Wildman–Crippen LogP) is 15.5. The number of nitrogens with zero attached hydrogens (tertiary/aromatic N) is 6. The molecule has 0 saturated carbocycles. The van der Waals surface area contributed by atoms with Crippen molar-refractivity contribution >= 4 is 79.8 Å². The van der Waals surface area contributed by atoms with Crippen molar-refractivity contribution in [2.75, 3.05) is 5.01 Å². The number of imidazole rings is 1. The highest BCUT2D eigenvalue weighted by Crippen LogP contribution is 2.65. The fraction of sp³-hybridized carbons (Fsp3) is 0.103. The molecule has 0 N–H and O–H groups in total. The lowest BCUT2D eigenvalue weighted by Gasteiger charge is -2.44. The SMILES string of the molecule is C.C.C1=Nc2cccnc2C1.c1ccc2c(c1)Cc1ccccc1C21c2ccsc2-c2sccc21.c1ccc2c(c1)N(n1cnc3ncccc31)c1ccccc1C21c2ccsc2-c2sccc21. The lowest BCUT2D eigenvalue weighted by molar-refractivity contribution is 0.712. The first-order valence-electron chi connectivity index (χ1n) is 22.0. The second-order valence-corrected chi connectivity index (χ2v) is 20.6. The van der Waals surface area contributed by atoms with Crippen LogP contribution in [-0.4, -0.2) is 25.8 Å². The molecule has 2 spiro atoms. The standard InChI is InChI=1S/C27H16N4S2.C22H14S2.C7H6N2.2CH4/c1-3-8-21-17(6-1)27(19-11-14-32-24(19)25-20(27)12-15-33-25)18-7-2-4-9-22(18)31(21)30-16-29-26-23(30)10-5-13-28-26;1-3-7-16-14(5-1)13-15-6-2-4-8-17(15)22(16)18-9-11-23-20(18)21-19(22)10-12-24-21;1-2-6-7(8-4-1)3-5-9-6;;/h1-16H;1-12H,13H2;1-2,4-5H,3H2;2*1H4. The Morgan fingerprint density at radius 3 is 1.46 bits per heavy atom. The molecule has 0 radical (unpaired) electrons. The van der Waals surface area contributed by atoms with E-state index >= 15 is 0 Å². The number of hydrogen-bond donors (Lipinski definition) is 0. The van der Waals surface area contributed by atoms with Gasteiger partial charge in [-0.25, -0.2) is 19.7 Å². The zero-order valence-electron chi connectivity index (χ0n) is 35.2. The summed E-state index contributed by atoms with van der Waals surface area (Å²) in [6, 6.07) is 53.0. The summed E-state index contributed by atoms with van der Waals surface area (Å²) in [5.74, 6) is 0. The summed E-state index contributed by atoms with van der Waals surface area (Å²) < 4.78 is 2.13. The molecular weight excluding hydrogens is 909 g/mol. The van der Waals surface area contributed by atoms with Gasteiger partial charge in [-0.2, -0.15) is 0 Å². The van der Waals surface area contributed by atoms with Crippen LogP contribution in [0.4, 0.5) is 17.1 Å². The van der Waals surface area contributed by atoms with E-state index in [1.807, 2.05) is 76.1 Å². The fourth-order valence-electron chi connectivity index (χ4n) is 11.4. The maximum Gasteiger partial charge on any atom is 0.179 e. The maximum atomic E-state index is 4.60. The first-order valence-corrected chi connectivity index (χ1v) is 25.5. The third-order valence-corrected chi connectivity index (χ3v) is 17.9. The van der Waals surface area contributed by atoms with Gasteiger partial charge in [0.05, 0.1) is 33.6 Å². The van der Waals surface area contributed by atoms with Gasteiger partial charge in [-0.3, -0.25) is 9.98 Å². The van der Waals surface area contributed by atoms with Crippen LogP contribution in [0.2, 0.25) is 0 Å². The topological polar surface area (TPSA) is 59.2 Å². The highest BCUT2D eigenvalue weighted by atomic mass is 32.1. The van der Waals surface area contributed by atoms with Gasteiger partial charge in [0.15, 0.2) is 5.65 Å². The van der Waals surface area contributed by atoms with Crippen LogP contribution in [0.1, 0.15) is 76.2 Å². The molecular formula is C58H44N6S4. The summed E-state index contributed by atoms with van der Waals surface area (Å²) in [6.07, 6.45) is 9.29. The maximum absolute atomic E-state index is 4.60. The molecule has 0 bridgehead atoms. The van der Waals surface area contributed by atoms with Gasteiger partial charge in [0, 0.05) is 44.5 Å². The van der Waals surface area contributed by atoms with E-state index in [1.165, 1.54) is 75.1 Å². The van der Waals surface area contributed by atoms with Crippen molar-refractivity contribution in [2.45, 2.75) is 38.5 Å². The summed E-state index contributed by atoms with van der Waals surface area (Å²) in [5.41, 5.74) is 20.0. The molecule has 0 amide bonds. The first kappa shape index (κ1) is 42.3. The Kier molecular flexibility index (Phi) is 10.1.